The van der Waals surface area contributed by atoms with Gasteiger partial charge in [0, 0.05) is 28.9 Å². The van der Waals surface area contributed by atoms with Crippen molar-refractivity contribution in [2.45, 2.75) is 36.1 Å². The number of fused-ring (bicyclic) bond motifs is 2. The lowest BCUT2D eigenvalue weighted by Crippen LogP contribution is -2.48. The summed E-state index contributed by atoms with van der Waals surface area (Å²) in [4.78, 5) is 8.85. The molecular formula is C20H20ClN5O4S. The Morgan fingerprint density at radius 1 is 1.26 bits per heavy atom. The second kappa shape index (κ2) is 6.99. The van der Waals surface area contributed by atoms with Gasteiger partial charge in [-0.15, -0.1) is 0 Å². The van der Waals surface area contributed by atoms with Gasteiger partial charge in [0.25, 0.3) is 0 Å². The van der Waals surface area contributed by atoms with Crippen LogP contribution in [0.1, 0.15) is 24.7 Å². The van der Waals surface area contributed by atoms with Crippen LogP contribution in [0.3, 0.4) is 0 Å². The molecule has 0 amide bonds. The summed E-state index contributed by atoms with van der Waals surface area (Å²) in [6, 6.07) is 6.98. The highest BCUT2D eigenvalue weighted by Crippen LogP contribution is 2.43. The fourth-order valence-electron chi connectivity index (χ4n) is 4.29. The molecule has 1 aliphatic carbocycles. The lowest BCUT2D eigenvalue weighted by molar-refractivity contribution is -0.101. The molecule has 1 fully saturated rings. The van der Waals surface area contributed by atoms with Gasteiger partial charge in [-0.25, -0.2) is 13.4 Å². The van der Waals surface area contributed by atoms with Gasteiger partial charge in [0.05, 0.1) is 41.5 Å². The molecule has 0 aliphatic heterocycles. The van der Waals surface area contributed by atoms with Crippen molar-refractivity contribution in [1.82, 2.24) is 24.3 Å². The largest absolute Gasteiger partial charge is 0.393 e. The Hall–Kier alpha value is -2.53. The fraction of sp³-hybridized carbons (Fsp3) is 0.350. The van der Waals surface area contributed by atoms with Crippen LogP contribution in [0.15, 0.2) is 41.7 Å². The molecule has 4 aromatic rings. The minimum absolute atomic E-state index is 0.00564. The van der Waals surface area contributed by atoms with E-state index in [2.05, 4.69) is 10.1 Å². The van der Waals surface area contributed by atoms with Gasteiger partial charge in [-0.3, -0.25) is 9.67 Å². The summed E-state index contributed by atoms with van der Waals surface area (Å²) in [5, 5.41) is 25.2. The van der Waals surface area contributed by atoms with E-state index in [0.717, 1.165) is 11.8 Å². The summed E-state index contributed by atoms with van der Waals surface area (Å²) in [5.41, 5.74) is 1.03. The number of rotatable bonds is 5. The van der Waals surface area contributed by atoms with Gasteiger partial charge in [0.15, 0.2) is 14.9 Å². The third kappa shape index (κ3) is 3.39. The SMILES string of the molecule is CS(=O)(=O)c1nn(Cc2nc3cc(Cl)ccc3n2C2CC(O)(CO)C2)c2cnccc12. The highest BCUT2D eigenvalue weighted by molar-refractivity contribution is 7.90. The molecular weight excluding hydrogens is 442 g/mol. The molecule has 2 N–H and O–H groups in total. The minimum atomic E-state index is -3.54. The first kappa shape index (κ1) is 20.4. The number of hydrogen-bond donors (Lipinski definition) is 2. The Balaban J connectivity index is 1.64. The first-order valence-corrected chi connectivity index (χ1v) is 12.0. The Morgan fingerprint density at radius 3 is 2.74 bits per heavy atom. The molecule has 11 heteroatoms. The summed E-state index contributed by atoms with van der Waals surface area (Å²) < 4.78 is 28.1. The number of imidazole rings is 1. The van der Waals surface area contributed by atoms with Gasteiger partial charge in [0.2, 0.25) is 0 Å². The van der Waals surface area contributed by atoms with Crippen LogP contribution < -0.4 is 0 Å². The zero-order valence-electron chi connectivity index (χ0n) is 16.6. The lowest BCUT2D eigenvalue weighted by Gasteiger charge is -2.43. The molecule has 1 aliphatic rings. The van der Waals surface area contributed by atoms with E-state index < -0.39 is 15.4 Å². The van der Waals surface area contributed by atoms with Gasteiger partial charge in [-0.05, 0) is 37.1 Å². The van der Waals surface area contributed by atoms with Crippen LogP contribution in [0, 0.1) is 0 Å². The Labute approximate surface area is 182 Å². The van der Waals surface area contributed by atoms with E-state index in [9.17, 15) is 18.6 Å². The summed E-state index contributed by atoms with van der Waals surface area (Å²) in [6.07, 6.45) is 5.02. The number of pyridine rings is 1. The van der Waals surface area contributed by atoms with Crippen LogP contribution in [0.5, 0.6) is 0 Å². The number of benzene rings is 1. The van der Waals surface area contributed by atoms with Crippen molar-refractivity contribution in [3.8, 4) is 0 Å². The van der Waals surface area contributed by atoms with Crippen molar-refractivity contribution in [2.75, 3.05) is 12.9 Å². The summed E-state index contributed by atoms with van der Waals surface area (Å²) in [5.74, 6) is 0.649. The number of sulfone groups is 1. The number of nitrogens with zero attached hydrogens (tertiary/aromatic N) is 5. The molecule has 1 aromatic carbocycles. The van der Waals surface area contributed by atoms with Crippen molar-refractivity contribution in [3.05, 3.63) is 47.5 Å². The van der Waals surface area contributed by atoms with Gasteiger partial charge >= 0.3 is 0 Å². The van der Waals surface area contributed by atoms with Crippen LogP contribution in [0.4, 0.5) is 0 Å². The Bertz CT molecular complexity index is 1420. The van der Waals surface area contributed by atoms with Crippen LogP contribution in [0.2, 0.25) is 5.02 Å². The molecule has 162 valence electrons. The predicted octanol–water partition coefficient (Wildman–Crippen LogP) is 1.94. The molecule has 5 rings (SSSR count). The lowest BCUT2D eigenvalue weighted by atomic mass is 9.76. The van der Waals surface area contributed by atoms with Crippen molar-refractivity contribution < 1.29 is 18.6 Å². The van der Waals surface area contributed by atoms with E-state index in [0.29, 0.717) is 40.1 Å². The van der Waals surface area contributed by atoms with Crippen LogP contribution >= 0.6 is 11.6 Å². The smallest absolute Gasteiger partial charge is 0.195 e. The van der Waals surface area contributed by atoms with E-state index >= 15 is 0 Å². The maximum atomic E-state index is 12.2. The van der Waals surface area contributed by atoms with Gasteiger partial charge < -0.3 is 14.8 Å². The number of aliphatic hydroxyl groups is 2. The van der Waals surface area contributed by atoms with E-state index in [1.165, 1.54) is 6.20 Å². The highest BCUT2D eigenvalue weighted by Gasteiger charge is 2.44. The number of hydrogen-bond acceptors (Lipinski definition) is 7. The van der Waals surface area contributed by atoms with E-state index in [4.69, 9.17) is 16.6 Å². The molecule has 0 spiro atoms. The Kier molecular flexibility index (Phi) is 4.60. The fourth-order valence-corrected chi connectivity index (χ4v) is 5.27. The van der Waals surface area contributed by atoms with Crippen molar-refractivity contribution >= 4 is 43.4 Å². The van der Waals surface area contributed by atoms with Crippen LogP contribution in [-0.4, -0.2) is 61.4 Å². The zero-order valence-corrected chi connectivity index (χ0v) is 18.2. The van der Waals surface area contributed by atoms with Crippen LogP contribution in [-0.2, 0) is 16.4 Å². The first-order valence-electron chi connectivity index (χ1n) is 9.69. The molecule has 0 radical (unpaired) electrons. The molecule has 1 saturated carbocycles. The number of aliphatic hydroxyl groups excluding tert-OH is 1. The van der Waals surface area contributed by atoms with Crippen LogP contribution in [0.25, 0.3) is 21.9 Å². The first-order chi connectivity index (χ1) is 14.7. The molecule has 0 unspecified atom stereocenters. The van der Waals surface area contributed by atoms with Gasteiger partial charge in [0.1, 0.15) is 5.82 Å². The standard InChI is InChI=1S/C20H20ClN5O4S/c1-31(29,30)19-14-4-5-22-9-17(14)25(24-19)10-18-23-15-6-12(21)2-3-16(15)26(18)13-7-20(28,8-13)11-27/h2-6,9,13,27-28H,7-8,10-11H2,1H3. The third-order valence-electron chi connectivity index (χ3n) is 5.78. The molecule has 31 heavy (non-hydrogen) atoms. The van der Waals surface area contributed by atoms with E-state index in [1.807, 2.05) is 10.6 Å². The predicted molar refractivity (Wildman–Crippen MR) is 115 cm³/mol. The topological polar surface area (TPSA) is 123 Å². The maximum Gasteiger partial charge on any atom is 0.195 e. The normalized spacial score (nSPS) is 21.6. The number of aromatic nitrogens is 5. The van der Waals surface area contributed by atoms with Crippen molar-refractivity contribution in [1.29, 1.82) is 0 Å². The molecule has 3 heterocycles. The quantitative estimate of drug-likeness (QED) is 0.465. The molecule has 0 saturated heterocycles. The van der Waals surface area contributed by atoms with E-state index in [-0.39, 0.29) is 24.2 Å². The summed E-state index contributed by atoms with van der Waals surface area (Å²) in [6.45, 7) is -0.0947. The van der Waals surface area contributed by atoms with Crippen molar-refractivity contribution in [2.24, 2.45) is 0 Å². The molecule has 0 atom stereocenters. The average molecular weight is 462 g/mol. The van der Waals surface area contributed by atoms with Crippen molar-refractivity contribution in [3.63, 3.8) is 0 Å². The second-order valence-electron chi connectivity index (χ2n) is 8.10. The second-order valence-corrected chi connectivity index (χ2v) is 10.5. The average Bonchev–Trinajstić information content (AvgIpc) is 3.23. The third-order valence-corrected chi connectivity index (χ3v) is 7.02. The van der Waals surface area contributed by atoms with Gasteiger partial charge in [-0.2, -0.15) is 5.10 Å². The minimum Gasteiger partial charge on any atom is -0.393 e. The molecule has 0 bridgehead atoms. The number of halogens is 1. The van der Waals surface area contributed by atoms with Gasteiger partial charge in [-0.1, -0.05) is 11.6 Å². The van der Waals surface area contributed by atoms with E-state index in [1.54, 1.807) is 29.1 Å². The summed E-state index contributed by atoms with van der Waals surface area (Å²) >= 11 is 6.15. The highest BCUT2D eigenvalue weighted by atomic mass is 35.5. The zero-order chi connectivity index (χ0) is 22.0. The monoisotopic (exact) mass is 461 g/mol. The summed E-state index contributed by atoms with van der Waals surface area (Å²) in [7, 11) is -3.54. The molecule has 3 aromatic heterocycles. The maximum absolute atomic E-state index is 12.2. The Morgan fingerprint density at radius 2 is 2.03 bits per heavy atom. The molecule has 9 nitrogen and oxygen atoms in total.